The summed E-state index contributed by atoms with van der Waals surface area (Å²) >= 11 is 0. The smallest absolute Gasteiger partial charge is 0.230 e. The van der Waals surface area contributed by atoms with Gasteiger partial charge < -0.3 is 10.2 Å². The van der Waals surface area contributed by atoms with E-state index in [1.807, 2.05) is 42.3 Å². The maximum atomic E-state index is 12.5. The molecule has 0 aromatic heterocycles. The molecule has 1 saturated heterocycles. The Kier molecular flexibility index (Phi) is 2.86. The number of hydrogen-bond donors (Lipinski definition) is 1. The SMILES string of the molecule is CN(C(=O)C1CC12CCNCC2)c1ccccc1. The lowest BCUT2D eigenvalue weighted by molar-refractivity contribution is -0.120. The van der Waals surface area contributed by atoms with Crippen molar-refractivity contribution >= 4 is 11.6 Å². The van der Waals surface area contributed by atoms with Crippen LogP contribution in [0.1, 0.15) is 19.3 Å². The number of nitrogens with one attached hydrogen (secondary N) is 1. The van der Waals surface area contributed by atoms with Crippen molar-refractivity contribution in [2.45, 2.75) is 19.3 Å². The van der Waals surface area contributed by atoms with Gasteiger partial charge in [-0.1, -0.05) is 18.2 Å². The fourth-order valence-electron chi connectivity index (χ4n) is 3.19. The van der Waals surface area contributed by atoms with E-state index in [9.17, 15) is 4.79 Å². The molecule has 2 aliphatic rings. The third-order valence-electron chi connectivity index (χ3n) is 4.56. The lowest BCUT2D eigenvalue weighted by atomic mass is 9.91. The molecule has 1 saturated carbocycles. The molecule has 1 aromatic carbocycles. The molecular formula is C15H20N2O. The molecule has 1 aliphatic carbocycles. The van der Waals surface area contributed by atoms with Gasteiger partial charge in [0, 0.05) is 18.7 Å². The van der Waals surface area contributed by atoms with E-state index >= 15 is 0 Å². The molecule has 1 amide bonds. The Hall–Kier alpha value is -1.35. The number of nitrogens with zero attached hydrogens (tertiary/aromatic N) is 1. The summed E-state index contributed by atoms with van der Waals surface area (Å²) in [5, 5.41) is 3.38. The van der Waals surface area contributed by atoms with Crippen LogP contribution >= 0.6 is 0 Å². The quantitative estimate of drug-likeness (QED) is 0.863. The van der Waals surface area contributed by atoms with E-state index in [2.05, 4.69) is 5.32 Å². The van der Waals surface area contributed by atoms with E-state index in [0.717, 1.165) is 38.0 Å². The first-order valence-electron chi connectivity index (χ1n) is 6.76. The van der Waals surface area contributed by atoms with Gasteiger partial charge in [-0.25, -0.2) is 0 Å². The van der Waals surface area contributed by atoms with Gasteiger partial charge in [0.2, 0.25) is 5.91 Å². The molecule has 0 radical (unpaired) electrons. The Morgan fingerprint density at radius 2 is 1.94 bits per heavy atom. The summed E-state index contributed by atoms with van der Waals surface area (Å²) in [7, 11) is 1.89. The van der Waals surface area contributed by atoms with Gasteiger partial charge in [0.1, 0.15) is 0 Å². The van der Waals surface area contributed by atoms with E-state index in [4.69, 9.17) is 0 Å². The van der Waals surface area contributed by atoms with E-state index in [-0.39, 0.29) is 5.92 Å². The highest BCUT2D eigenvalue weighted by molar-refractivity contribution is 5.96. The standard InChI is InChI=1S/C15H20N2O/c1-17(12-5-3-2-4-6-12)14(18)13-11-15(13)7-9-16-10-8-15/h2-6,13,16H,7-11H2,1H3. The minimum absolute atomic E-state index is 0.254. The number of carbonyl (C=O) groups excluding carboxylic acids is 1. The first kappa shape index (κ1) is 11.7. The van der Waals surface area contributed by atoms with Crippen LogP contribution in [-0.4, -0.2) is 26.0 Å². The fourth-order valence-corrected chi connectivity index (χ4v) is 3.19. The highest BCUT2D eigenvalue weighted by atomic mass is 16.2. The Morgan fingerprint density at radius 3 is 2.61 bits per heavy atom. The molecule has 1 atom stereocenters. The van der Waals surface area contributed by atoms with Crippen LogP contribution in [0.25, 0.3) is 0 Å². The summed E-state index contributed by atoms with van der Waals surface area (Å²) in [6.45, 7) is 2.14. The summed E-state index contributed by atoms with van der Waals surface area (Å²) in [5.74, 6) is 0.549. The van der Waals surface area contributed by atoms with Crippen LogP contribution in [-0.2, 0) is 4.79 Å². The normalized spacial score (nSPS) is 24.8. The van der Waals surface area contributed by atoms with Gasteiger partial charge in [0.05, 0.1) is 0 Å². The number of hydrogen-bond acceptors (Lipinski definition) is 2. The molecule has 1 unspecified atom stereocenters. The Bertz CT molecular complexity index is 437. The van der Waals surface area contributed by atoms with Crippen LogP contribution in [0.15, 0.2) is 30.3 Å². The van der Waals surface area contributed by atoms with Crippen LogP contribution in [0.5, 0.6) is 0 Å². The van der Waals surface area contributed by atoms with Gasteiger partial charge in [-0.3, -0.25) is 4.79 Å². The lowest BCUT2D eigenvalue weighted by Crippen LogP contribution is -2.34. The van der Waals surface area contributed by atoms with Crippen molar-refractivity contribution in [1.29, 1.82) is 0 Å². The van der Waals surface area contributed by atoms with E-state index in [0.29, 0.717) is 11.3 Å². The molecule has 1 aromatic rings. The number of piperidine rings is 1. The second-order valence-corrected chi connectivity index (χ2v) is 5.60. The van der Waals surface area contributed by atoms with Crippen molar-refractivity contribution in [3.63, 3.8) is 0 Å². The van der Waals surface area contributed by atoms with E-state index < -0.39 is 0 Å². The van der Waals surface area contributed by atoms with Gasteiger partial charge in [-0.05, 0) is 49.9 Å². The number of anilines is 1. The number of carbonyl (C=O) groups is 1. The summed E-state index contributed by atoms with van der Waals surface area (Å²) in [4.78, 5) is 14.3. The van der Waals surface area contributed by atoms with Gasteiger partial charge in [-0.15, -0.1) is 0 Å². The van der Waals surface area contributed by atoms with Crippen LogP contribution < -0.4 is 10.2 Å². The Labute approximate surface area is 108 Å². The zero-order chi connectivity index (χ0) is 12.6. The first-order valence-corrected chi connectivity index (χ1v) is 6.76. The van der Waals surface area contributed by atoms with Crippen LogP contribution in [0.3, 0.4) is 0 Å². The van der Waals surface area contributed by atoms with Gasteiger partial charge in [0.25, 0.3) is 0 Å². The monoisotopic (exact) mass is 244 g/mol. The zero-order valence-electron chi connectivity index (χ0n) is 10.9. The molecule has 96 valence electrons. The maximum absolute atomic E-state index is 12.5. The highest BCUT2D eigenvalue weighted by Crippen LogP contribution is 2.59. The van der Waals surface area contributed by atoms with Crippen molar-refractivity contribution in [2.75, 3.05) is 25.0 Å². The topological polar surface area (TPSA) is 32.3 Å². The van der Waals surface area contributed by atoms with Gasteiger partial charge in [0.15, 0.2) is 0 Å². The number of amides is 1. The summed E-state index contributed by atoms with van der Waals surface area (Å²) in [5.41, 5.74) is 1.32. The molecule has 3 rings (SSSR count). The minimum atomic E-state index is 0.254. The maximum Gasteiger partial charge on any atom is 0.230 e. The molecule has 1 spiro atoms. The molecule has 1 heterocycles. The van der Waals surface area contributed by atoms with Crippen LogP contribution in [0, 0.1) is 11.3 Å². The molecule has 2 fully saturated rings. The second-order valence-electron chi connectivity index (χ2n) is 5.60. The molecule has 1 N–H and O–H groups in total. The van der Waals surface area contributed by atoms with Crippen LogP contribution in [0.4, 0.5) is 5.69 Å². The fraction of sp³-hybridized carbons (Fsp3) is 0.533. The van der Waals surface area contributed by atoms with Crippen molar-refractivity contribution in [1.82, 2.24) is 5.32 Å². The number of rotatable bonds is 2. The number of para-hydroxylation sites is 1. The predicted octanol–water partition coefficient (Wildman–Crippen LogP) is 2.04. The van der Waals surface area contributed by atoms with Crippen LogP contribution in [0.2, 0.25) is 0 Å². The Balaban J connectivity index is 1.69. The second kappa shape index (κ2) is 4.39. The Morgan fingerprint density at radius 1 is 1.28 bits per heavy atom. The number of benzene rings is 1. The van der Waals surface area contributed by atoms with E-state index in [1.54, 1.807) is 0 Å². The highest BCUT2D eigenvalue weighted by Gasteiger charge is 2.58. The average Bonchev–Trinajstić information content (AvgIpc) is 3.12. The van der Waals surface area contributed by atoms with E-state index in [1.165, 1.54) is 0 Å². The molecule has 1 aliphatic heterocycles. The predicted molar refractivity (Wildman–Crippen MR) is 72.5 cm³/mol. The van der Waals surface area contributed by atoms with Gasteiger partial charge >= 0.3 is 0 Å². The molecule has 0 bridgehead atoms. The zero-order valence-corrected chi connectivity index (χ0v) is 10.9. The van der Waals surface area contributed by atoms with Crippen molar-refractivity contribution in [3.05, 3.63) is 30.3 Å². The largest absolute Gasteiger partial charge is 0.317 e. The molecule has 18 heavy (non-hydrogen) atoms. The van der Waals surface area contributed by atoms with Crippen molar-refractivity contribution < 1.29 is 4.79 Å². The van der Waals surface area contributed by atoms with Gasteiger partial charge in [-0.2, -0.15) is 0 Å². The molecular weight excluding hydrogens is 224 g/mol. The summed E-state index contributed by atoms with van der Waals surface area (Å²) in [6, 6.07) is 9.93. The summed E-state index contributed by atoms with van der Waals surface area (Å²) < 4.78 is 0. The summed E-state index contributed by atoms with van der Waals surface area (Å²) in [6.07, 6.45) is 3.41. The third-order valence-corrected chi connectivity index (χ3v) is 4.56. The average molecular weight is 244 g/mol. The van der Waals surface area contributed by atoms with Crippen molar-refractivity contribution in [3.8, 4) is 0 Å². The minimum Gasteiger partial charge on any atom is -0.317 e. The third kappa shape index (κ3) is 1.93. The van der Waals surface area contributed by atoms with Crippen molar-refractivity contribution in [2.24, 2.45) is 11.3 Å². The lowest BCUT2D eigenvalue weighted by Gasteiger charge is -2.25. The molecule has 3 heteroatoms. The first-order chi connectivity index (χ1) is 8.73. The molecule has 3 nitrogen and oxygen atoms in total.